The first-order chi connectivity index (χ1) is 11.2. The van der Waals surface area contributed by atoms with E-state index in [1.165, 1.54) is 0 Å². The Labute approximate surface area is 137 Å². The number of piperidine rings is 1. The fourth-order valence-corrected chi connectivity index (χ4v) is 4.32. The molecular weight excluding hydrogens is 310 g/mol. The van der Waals surface area contributed by atoms with Crippen molar-refractivity contribution in [3.05, 3.63) is 60.2 Å². The van der Waals surface area contributed by atoms with Crippen LogP contribution in [-0.4, -0.2) is 25.8 Å². The van der Waals surface area contributed by atoms with Gasteiger partial charge in [-0.3, -0.25) is 0 Å². The van der Waals surface area contributed by atoms with Crippen LogP contribution in [-0.2, 0) is 16.6 Å². The fourth-order valence-electron chi connectivity index (χ4n) is 2.73. The number of sulfonamides is 1. The molecule has 0 radical (unpaired) electrons. The standard InChI is InChI=1S/C18H21NO3S/c20-23(21,19-12-5-2-6-13-19)18-11-7-8-16(14-18)15-22-17-9-3-1-4-10-17/h1,3-4,7-11,14H,2,5-6,12-13,15H2. The second-order valence-corrected chi connectivity index (χ2v) is 7.65. The molecule has 0 aromatic heterocycles. The van der Waals surface area contributed by atoms with Gasteiger partial charge in [0.15, 0.2) is 0 Å². The number of para-hydroxylation sites is 1. The summed E-state index contributed by atoms with van der Waals surface area (Å²) in [6.07, 6.45) is 2.99. The molecule has 1 aliphatic heterocycles. The van der Waals surface area contributed by atoms with Crippen LogP contribution in [0.25, 0.3) is 0 Å². The molecule has 0 unspecified atom stereocenters. The first kappa shape index (κ1) is 16.0. The van der Waals surface area contributed by atoms with Crippen LogP contribution in [0.5, 0.6) is 5.75 Å². The molecular formula is C18H21NO3S. The summed E-state index contributed by atoms with van der Waals surface area (Å²) in [5.41, 5.74) is 0.854. The van der Waals surface area contributed by atoms with E-state index in [0.717, 1.165) is 30.6 Å². The third-order valence-corrected chi connectivity index (χ3v) is 5.89. The van der Waals surface area contributed by atoms with Crippen LogP contribution < -0.4 is 4.74 Å². The molecule has 2 aromatic rings. The highest BCUT2D eigenvalue weighted by molar-refractivity contribution is 7.89. The molecule has 0 bridgehead atoms. The molecule has 0 aliphatic carbocycles. The second-order valence-electron chi connectivity index (χ2n) is 5.71. The van der Waals surface area contributed by atoms with Crippen LogP contribution in [0.15, 0.2) is 59.5 Å². The SMILES string of the molecule is O=S(=O)(c1cccc(COc2ccccc2)c1)N1CCCCC1. The van der Waals surface area contributed by atoms with Gasteiger partial charge in [0.1, 0.15) is 12.4 Å². The summed E-state index contributed by atoms with van der Waals surface area (Å²) in [7, 11) is -3.39. The molecule has 122 valence electrons. The van der Waals surface area contributed by atoms with Gasteiger partial charge < -0.3 is 4.74 Å². The molecule has 0 N–H and O–H groups in total. The van der Waals surface area contributed by atoms with E-state index in [1.807, 2.05) is 36.4 Å². The third kappa shape index (κ3) is 3.92. The summed E-state index contributed by atoms with van der Waals surface area (Å²) in [6, 6.07) is 16.6. The van der Waals surface area contributed by atoms with E-state index >= 15 is 0 Å². The molecule has 1 fully saturated rings. The van der Waals surface area contributed by atoms with Crippen LogP contribution in [0.4, 0.5) is 0 Å². The largest absolute Gasteiger partial charge is 0.489 e. The van der Waals surface area contributed by atoms with Gasteiger partial charge in [-0.1, -0.05) is 36.8 Å². The smallest absolute Gasteiger partial charge is 0.243 e. The van der Waals surface area contributed by atoms with Crippen molar-refractivity contribution in [2.24, 2.45) is 0 Å². The summed E-state index contributed by atoms with van der Waals surface area (Å²) in [5, 5.41) is 0. The summed E-state index contributed by atoms with van der Waals surface area (Å²) < 4.78 is 32.7. The van der Waals surface area contributed by atoms with Gasteiger partial charge in [0.2, 0.25) is 10.0 Å². The van der Waals surface area contributed by atoms with E-state index < -0.39 is 10.0 Å². The van der Waals surface area contributed by atoms with Crippen molar-refractivity contribution in [1.29, 1.82) is 0 Å². The number of nitrogens with zero attached hydrogens (tertiary/aromatic N) is 1. The highest BCUT2D eigenvalue weighted by Crippen LogP contribution is 2.22. The number of hydrogen-bond acceptors (Lipinski definition) is 3. The lowest BCUT2D eigenvalue weighted by Crippen LogP contribution is -2.35. The molecule has 0 spiro atoms. The van der Waals surface area contributed by atoms with Crippen molar-refractivity contribution in [3.8, 4) is 5.75 Å². The molecule has 3 rings (SSSR count). The number of ether oxygens (including phenoxy) is 1. The van der Waals surface area contributed by atoms with Crippen molar-refractivity contribution in [3.63, 3.8) is 0 Å². The molecule has 0 atom stereocenters. The van der Waals surface area contributed by atoms with E-state index in [2.05, 4.69) is 0 Å². The normalized spacial score (nSPS) is 16.2. The van der Waals surface area contributed by atoms with Gasteiger partial charge in [-0.25, -0.2) is 8.42 Å². The number of rotatable bonds is 5. The summed E-state index contributed by atoms with van der Waals surface area (Å²) in [6.45, 7) is 1.59. The molecule has 2 aromatic carbocycles. The molecule has 0 amide bonds. The molecule has 0 saturated carbocycles. The predicted octanol–water partition coefficient (Wildman–Crippen LogP) is 3.44. The maximum absolute atomic E-state index is 12.7. The first-order valence-corrected chi connectivity index (χ1v) is 9.37. The van der Waals surface area contributed by atoms with E-state index in [1.54, 1.807) is 22.5 Å². The van der Waals surface area contributed by atoms with Gasteiger partial charge in [-0.15, -0.1) is 0 Å². The monoisotopic (exact) mass is 331 g/mol. The molecule has 4 nitrogen and oxygen atoms in total. The van der Waals surface area contributed by atoms with Crippen molar-refractivity contribution in [1.82, 2.24) is 4.31 Å². The zero-order chi connectivity index (χ0) is 16.1. The molecule has 23 heavy (non-hydrogen) atoms. The highest BCUT2D eigenvalue weighted by Gasteiger charge is 2.25. The minimum absolute atomic E-state index is 0.355. The zero-order valence-corrected chi connectivity index (χ0v) is 13.8. The minimum atomic E-state index is -3.39. The van der Waals surface area contributed by atoms with Crippen molar-refractivity contribution >= 4 is 10.0 Å². The van der Waals surface area contributed by atoms with Gasteiger partial charge >= 0.3 is 0 Å². The van der Waals surface area contributed by atoms with Crippen LogP contribution in [0, 0.1) is 0 Å². The van der Waals surface area contributed by atoms with E-state index in [0.29, 0.717) is 24.6 Å². The average molecular weight is 331 g/mol. The lowest BCUT2D eigenvalue weighted by molar-refractivity contribution is 0.306. The van der Waals surface area contributed by atoms with Crippen molar-refractivity contribution < 1.29 is 13.2 Å². The van der Waals surface area contributed by atoms with Gasteiger partial charge in [0.25, 0.3) is 0 Å². The Balaban J connectivity index is 1.74. The molecule has 5 heteroatoms. The Morgan fingerprint density at radius 1 is 0.913 bits per heavy atom. The summed E-state index contributed by atoms with van der Waals surface area (Å²) >= 11 is 0. The van der Waals surface area contributed by atoms with E-state index in [9.17, 15) is 8.42 Å². The summed E-state index contributed by atoms with van der Waals surface area (Å²) in [5.74, 6) is 0.775. The minimum Gasteiger partial charge on any atom is -0.489 e. The topological polar surface area (TPSA) is 46.6 Å². The maximum atomic E-state index is 12.7. The molecule has 1 aliphatic rings. The van der Waals surface area contributed by atoms with Gasteiger partial charge in [0, 0.05) is 13.1 Å². The Bertz CT molecular complexity index is 738. The quantitative estimate of drug-likeness (QED) is 0.843. The average Bonchev–Trinajstić information content (AvgIpc) is 2.62. The predicted molar refractivity (Wildman–Crippen MR) is 89.8 cm³/mol. The van der Waals surface area contributed by atoms with Crippen LogP contribution in [0.2, 0.25) is 0 Å². The summed E-state index contributed by atoms with van der Waals surface area (Å²) in [4.78, 5) is 0.355. The highest BCUT2D eigenvalue weighted by atomic mass is 32.2. The maximum Gasteiger partial charge on any atom is 0.243 e. The van der Waals surface area contributed by atoms with Crippen molar-refractivity contribution in [2.45, 2.75) is 30.8 Å². The Morgan fingerprint density at radius 2 is 1.65 bits per heavy atom. The lowest BCUT2D eigenvalue weighted by Gasteiger charge is -2.26. The lowest BCUT2D eigenvalue weighted by atomic mass is 10.2. The van der Waals surface area contributed by atoms with Crippen LogP contribution in [0.3, 0.4) is 0 Å². The van der Waals surface area contributed by atoms with Gasteiger partial charge in [0.05, 0.1) is 4.90 Å². The van der Waals surface area contributed by atoms with Crippen LogP contribution >= 0.6 is 0 Å². The number of hydrogen-bond donors (Lipinski definition) is 0. The fraction of sp³-hybridized carbons (Fsp3) is 0.333. The van der Waals surface area contributed by atoms with Gasteiger partial charge in [-0.2, -0.15) is 4.31 Å². The van der Waals surface area contributed by atoms with E-state index in [-0.39, 0.29) is 0 Å². The Kier molecular flexibility index (Phi) is 4.98. The molecule has 1 saturated heterocycles. The Hall–Kier alpha value is -1.85. The first-order valence-electron chi connectivity index (χ1n) is 7.93. The van der Waals surface area contributed by atoms with Crippen molar-refractivity contribution in [2.75, 3.05) is 13.1 Å². The van der Waals surface area contributed by atoms with Crippen LogP contribution in [0.1, 0.15) is 24.8 Å². The zero-order valence-electron chi connectivity index (χ0n) is 13.0. The van der Waals surface area contributed by atoms with E-state index in [4.69, 9.17) is 4.74 Å². The second kappa shape index (κ2) is 7.15. The number of benzene rings is 2. The third-order valence-electron chi connectivity index (χ3n) is 4.00. The van der Waals surface area contributed by atoms with Gasteiger partial charge in [-0.05, 0) is 42.7 Å². The molecule has 1 heterocycles. The Morgan fingerprint density at radius 3 is 2.39 bits per heavy atom.